The molecule has 0 amide bonds. The minimum atomic E-state index is -0.574. The highest BCUT2D eigenvalue weighted by molar-refractivity contribution is 5.93. The van der Waals surface area contributed by atoms with Gasteiger partial charge < -0.3 is 17.2 Å². The highest BCUT2D eigenvalue weighted by Crippen LogP contribution is 2.20. The van der Waals surface area contributed by atoms with E-state index in [9.17, 15) is 4.39 Å². The lowest BCUT2D eigenvalue weighted by molar-refractivity contribution is 0.626. The molecule has 0 radical (unpaired) electrons. The number of benzene rings is 1. The molecule has 21 heavy (non-hydrogen) atoms. The van der Waals surface area contributed by atoms with Gasteiger partial charge in [-0.05, 0) is 18.6 Å². The number of aliphatic imine (C=N–C) groups is 2. The van der Waals surface area contributed by atoms with E-state index in [-0.39, 0.29) is 17.6 Å². The van der Waals surface area contributed by atoms with E-state index >= 15 is 0 Å². The zero-order chi connectivity index (χ0) is 15.4. The van der Waals surface area contributed by atoms with Crippen LogP contribution in [-0.2, 0) is 6.42 Å². The van der Waals surface area contributed by atoms with E-state index in [1.165, 1.54) is 16.8 Å². The van der Waals surface area contributed by atoms with Gasteiger partial charge >= 0.3 is 0 Å². The summed E-state index contributed by atoms with van der Waals surface area (Å²) in [6.45, 7) is 1.96. The van der Waals surface area contributed by atoms with Crippen LogP contribution in [-0.4, -0.2) is 26.9 Å². The lowest BCUT2D eigenvalue weighted by atomic mass is 10.2. The second-order valence-electron chi connectivity index (χ2n) is 4.15. The molecule has 0 spiro atoms. The van der Waals surface area contributed by atoms with Gasteiger partial charge in [0.25, 0.3) is 0 Å². The standard InChI is InChI=1S/C12H15FN8/c1-2-7-6-21(20-19-7)8-3-4-10(9(13)5-8)17-12(16)18-11(14)15/h3-6H,2H2,1H3,(H6,14,15,16,17,18). The number of aromatic nitrogens is 3. The maximum atomic E-state index is 14.0. The van der Waals surface area contributed by atoms with Crippen molar-refractivity contribution in [3.63, 3.8) is 0 Å². The van der Waals surface area contributed by atoms with E-state index in [1.54, 1.807) is 12.3 Å². The average Bonchev–Trinajstić information content (AvgIpc) is 2.89. The number of hydrogen-bond donors (Lipinski definition) is 3. The molecule has 0 unspecified atom stereocenters. The van der Waals surface area contributed by atoms with Gasteiger partial charge in [-0.1, -0.05) is 12.1 Å². The number of nitrogens with two attached hydrogens (primary N) is 3. The normalized spacial score (nSPS) is 11.4. The largest absolute Gasteiger partial charge is 0.370 e. The van der Waals surface area contributed by atoms with Gasteiger partial charge in [0.15, 0.2) is 11.8 Å². The molecule has 1 heterocycles. The SMILES string of the molecule is CCc1cn(-c2ccc(N=C(N)N=C(N)N)c(F)c2)nn1. The molecule has 0 bridgehead atoms. The fourth-order valence-electron chi connectivity index (χ4n) is 1.60. The summed E-state index contributed by atoms with van der Waals surface area (Å²) >= 11 is 0. The zero-order valence-corrected chi connectivity index (χ0v) is 11.4. The van der Waals surface area contributed by atoms with Crippen molar-refractivity contribution in [1.82, 2.24) is 15.0 Å². The molecule has 0 atom stereocenters. The summed E-state index contributed by atoms with van der Waals surface area (Å²) < 4.78 is 15.5. The van der Waals surface area contributed by atoms with Gasteiger partial charge in [0.2, 0.25) is 5.96 Å². The molecule has 0 fully saturated rings. The Bertz CT molecular complexity index is 699. The molecular formula is C12H15FN8. The maximum absolute atomic E-state index is 14.0. The molecule has 0 saturated carbocycles. The molecule has 0 aliphatic carbocycles. The number of halogens is 1. The first-order valence-corrected chi connectivity index (χ1v) is 6.14. The third-order valence-corrected chi connectivity index (χ3v) is 2.58. The molecule has 1 aromatic carbocycles. The van der Waals surface area contributed by atoms with Crippen LogP contribution in [0.15, 0.2) is 34.4 Å². The van der Waals surface area contributed by atoms with Crippen molar-refractivity contribution >= 4 is 17.6 Å². The molecule has 6 N–H and O–H groups in total. The maximum Gasteiger partial charge on any atom is 0.223 e. The van der Waals surface area contributed by atoms with Crippen LogP contribution >= 0.6 is 0 Å². The van der Waals surface area contributed by atoms with Crippen molar-refractivity contribution in [3.8, 4) is 5.69 Å². The highest BCUT2D eigenvalue weighted by atomic mass is 19.1. The number of guanidine groups is 2. The average molecular weight is 290 g/mol. The molecule has 1 aromatic heterocycles. The summed E-state index contributed by atoms with van der Waals surface area (Å²) in [5.41, 5.74) is 17.1. The molecule has 2 aromatic rings. The first-order valence-electron chi connectivity index (χ1n) is 6.14. The number of aryl methyl sites for hydroxylation is 1. The number of nitrogens with zero attached hydrogens (tertiary/aromatic N) is 5. The molecule has 2 rings (SSSR count). The van der Waals surface area contributed by atoms with Crippen molar-refractivity contribution < 1.29 is 4.39 Å². The summed E-state index contributed by atoms with van der Waals surface area (Å²) in [5, 5.41) is 7.85. The Morgan fingerprint density at radius 3 is 2.67 bits per heavy atom. The van der Waals surface area contributed by atoms with Crippen molar-refractivity contribution in [2.75, 3.05) is 0 Å². The van der Waals surface area contributed by atoms with Crippen LogP contribution in [0.25, 0.3) is 5.69 Å². The van der Waals surface area contributed by atoms with E-state index < -0.39 is 5.82 Å². The van der Waals surface area contributed by atoms with Crippen molar-refractivity contribution in [3.05, 3.63) is 35.9 Å². The predicted molar refractivity (Wildman–Crippen MR) is 77.8 cm³/mol. The summed E-state index contributed by atoms with van der Waals surface area (Å²) in [7, 11) is 0. The lowest BCUT2D eigenvalue weighted by Gasteiger charge is -2.03. The minimum absolute atomic E-state index is 0.0251. The monoisotopic (exact) mass is 290 g/mol. The van der Waals surface area contributed by atoms with Crippen LogP contribution in [0.2, 0.25) is 0 Å². The van der Waals surface area contributed by atoms with E-state index in [2.05, 4.69) is 20.3 Å². The predicted octanol–water partition coefficient (Wildman–Crippen LogP) is 0.188. The Morgan fingerprint density at radius 2 is 2.10 bits per heavy atom. The van der Waals surface area contributed by atoms with Crippen LogP contribution in [0.3, 0.4) is 0 Å². The third kappa shape index (κ3) is 3.53. The fraction of sp³-hybridized carbons (Fsp3) is 0.167. The quantitative estimate of drug-likeness (QED) is 0.548. The molecule has 0 saturated heterocycles. The second kappa shape index (κ2) is 5.99. The van der Waals surface area contributed by atoms with Crippen molar-refractivity contribution in [1.29, 1.82) is 0 Å². The van der Waals surface area contributed by atoms with Gasteiger partial charge in [0.1, 0.15) is 5.69 Å². The Labute approximate surface area is 120 Å². The summed E-state index contributed by atoms with van der Waals surface area (Å²) in [4.78, 5) is 7.30. The van der Waals surface area contributed by atoms with Gasteiger partial charge in [0, 0.05) is 6.07 Å². The Hall–Kier alpha value is -2.97. The molecule has 0 aliphatic rings. The third-order valence-electron chi connectivity index (χ3n) is 2.58. The molecule has 110 valence electrons. The Kier molecular flexibility index (Phi) is 4.12. The van der Waals surface area contributed by atoms with Crippen LogP contribution < -0.4 is 17.2 Å². The van der Waals surface area contributed by atoms with E-state index in [0.717, 1.165) is 12.1 Å². The van der Waals surface area contributed by atoms with E-state index in [0.29, 0.717) is 5.69 Å². The summed E-state index contributed by atoms with van der Waals surface area (Å²) in [5.74, 6) is -1.05. The van der Waals surface area contributed by atoms with Crippen LogP contribution in [0.4, 0.5) is 10.1 Å². The number of rotatable bonds is 3. The van der Waals surface area contributed by atoms with Gasteiger partial charge in [0.05, 0.1) is 17.6 Å². The van der Waals surface area contributed by atoms with Gasteiger partial charge in [-0.3, -0.25) is 0 Å². The molecule has 0 aliphatic heterocycles. The van der Waals surface area contributed by atoms with Crippen molar-refractivity contribution in [2.24, 2.45) is 27.2 Å². The van der Waals surface area contributed by atoms with E-state index in [4.69, 9.17) is 17.2 Å². The van der Waals surface area contributed by atoms with Gasteiger partial charge in [-0.2, -0.15) is 4.99 Å². The van der Waals surface area contributed by atoms with Crippen LogP contribution in [0, 0.1) is 5.82 Å². The Balaban J connectivity index is 2.31. The summed E-state index contributed by atoms with van der Waals surface area (Å²) in [6.07, 6.45) is 2.48. The first-order chi connectivity index (χ1) is 9.99. The number of hydrogen-bond acceptors (Lipinski definition) is 3. The zero-order valence-electron chi connectivity index (χ0n) is 11.4. The Morgan fingerprint density at radius 1 is 1.33 bits per heavy atom. The topological polar surface area (TPSA) is 133 Å². The van der Waals surface area contributed by atoms with Gasteiger partial charge in [-0.15, -0.1) is 5.10 Å². The molecular weight excluding hydrogens is 275 g/mol. The van der Waals surface area contributed by atoms with Crippen LogP contribution in [0.1, 0.15) is 12.6 Å². The van der Waals surface area contributed by atoms with Gasteiger partial charge in [-0.25, -0.2) is 14.1 Å². The lowest BCUT2D eigenvalue weighted by Crippen LogP contribution is -2.26. The second-order valence-corrected chi connectivity index (χ2v) is 4.15. The van der Waals surface area contributed by atoms with Crippen LogP contribution in [0.5, 0.6) is 0 Å². The summed E-state index contributed by atoms with van der Waals surface area (Å²) in [6, 6.07) is 4.36. The minimum Gasteiger partial charge on any atom is -0.370 e. The van der Waals surface area contributed by atoms with E-state index in [1.807, 2.05) is 6.92 Å². The fourth-order valence-corrected chi connectivity index (χ4v) is 1.60. The first kappa shape index (κ1) is 14.4. The smallest absolute Gasteiger partial charge is 0.223 e. The highest BCUT2D eigenvalue weighted by Gasteiger charge is 2.07. The van der Waals surface area contributed by atoms with Crippen molar-refractivity contribution in [2.45, 2.75) is 13.3 Å². The molecule has 8 nitrogen and oxygen atoms in total. The molecule has 9 heteroatoms.